The fraction of sp³-hybridized carbons (Fsp3) is 0.727. The number of fused-ring (bicyclic) bond motifs is 1. The van der Waals surface area contributed by atoms with E-state index in [1.165, 1.54) is 77.0 Å². The van der Waals surface area contributed by atoms with Gasteiger partial charge < -0.3 is 0 Å². The molecule has 1 aliphatic rings. The minimum absolute atomic E-state index is 0.825. The van der Waals surface area contributed by atoms with Crippen LogP contribution in [-0.4, -0.2) is 0 Å². The molecular formula is C22H36. The second-order valence-corrected chi connectivity index (χ2v) is 7.27. The monoisotopic (exact) mass is 300 g/mol. The quantitative estimate of drug-likeness (QED) is 0.390. The lowest BCUT2D eigenvalue weighted by molar-refractivity contribution is 0.438. The molecule has 2 unspecified atom stereocenters. The van der Waals surface area contributed by atoms with Gasteiger partial charge in [0.1, 0.15) is 0 Å². The molecule has 0 aromatic heterocycles. The standard InChI is InChI=1S/C22H36/c1-3-5-6-7-8-9-10-11-14-20-18-17-19(4-2)21-15-12-13-16-22(20)21/h12-13,15-16,19-20H,3-11,14,17-18H2,1-2H3. The molecule has 1 aromatic rings. The molecule has 0 saturated carbocycles. The van der Waals surface area contributed by atoms with Crippen molar-refractivity contribution in [2.24, 2.45) is 0 Å². The van der Waals surface area contributed by atoms with Crippen molar-refractivity contribution in [2.75, 3.05) is 0 Å². The maximum Gasteiger partial charge on any atom is -0.0159 e. The molecule has 0 amide bonds. The molecule has 2 rings (SSSR count). The first kappa shape index (κ1) is 17.6. The Morgan fingerprint density at radius 2 is 1.27 bits per heavy atom. The van der Waals surface area contributed by atoms with Crippen LogP contribution in [0.5, 0.6) is 0 Å². The highest BCUT2D eigenvalue weighted by molar-refractivity contribution is 5.35. The van der Waals surface area contributed by atoms with Gasteiger partial charge in [-0.15, -0.1) is 0 Å². The average molecular weight is 301 g/mol. The first-order valence-electron chi connectivity index (χ1n) is 9.95. The number of hydrogen-bond acceptors (Lipinski definition) is 0. The number of rotatable bonds is 10. The third kappa shape index (κ3) is 5.14. The molecular weight excluding hydrogens is 264 g/mol. The van der Waals surface area contributed by atoms with Crippen LogP contribution in [0.2, 0.25) is 0 Å². The van der Waals surface area contributed by atoms with Crippen LogP contribution in [0.1, 0.15) is 114 Å². The third-order valence-electron chi connectivity index (χ3n) is 5.64. The average Bonchev–Trinajstić information content (AvgIpc) is 2.57. The topological polar surface area (TPSA) is 0 Å². The summed E-state index contributed by atoms with van der Waals surface area (Å²) in [6.07, 6.45) is 17.0. The lowest BCUT2D eigenvalue weighted by Crippen LogP contribution is -2.14. The molecule has 0 fully saturated rings. The first-order chi connectivity index (χ1) is 10.9. The van der Waals surface area contributed by atoms with Crippen molar-refractivity contribution in [3.63, 3.8) is 0 Å². The number of unbranched alkanes of at least 4 members (excludes halogenated alkanes) is 7. The maximum atomic E-state index is 2.41. The highest BCUT2D eigenvalue weighted by atomic mass is 14.3. The molecule has 0 radical (unpaired) electrons. The van der Waals surface area contributed by atoms with Gasteiger partial charge in [0.05, 0.1) is 0 Å². The van der Waals surface area contributed by atoms with Crippen molar-refractivity contribution >= 4 is 0 Å². The molecule has 0 nitrogen and oxygen atoms in total. The minimum Gasteiger partial charge on any atom is -0.0654 e. The van der Waals surface area contributed by atoms with Crippen LogP contribution in [0.25, 0.3) is 0 Å². The first-order valence-corrected chi connectivity index (χ1v) is 9.95. The minimum atomic E-state index is 0.825. The van der Waals surface area contributed by atoms with Crippen molar-refractivity contribution in [3.8, 4) is 0 Å². The second-order valence-electron chi connectivity index (χ2n) is 7.27. The lowest BCUT2D eigenvalue weighted by Gasteiger charge is -2.31. The van der Waals surface area contributed by atoms with E-state index in [1.807, 2.05) is 0 Å². The molecule has 1 aliphatic carbocycles. The molecule has 22 heavy (non-hydrogen) atoms. The highest BCUT2D eigenvalue weighted by Gasteiger charge is 2.25. The van der Waals surface area contributed by atoms with Crippen LogP contribution >= 0.6 is 0 Å². The third-order valence-corrected chi connectivity index (χ3v) is 5.64. The van der Waals surface area contributed by atoms with E-state index in [-0.39, 0.29) is 0 Å². The summed E-state index contributed by atoms with van der Waals surface area (Å²) in [4.78, 5) is 0. The zero-order valence-corrected chi connectivity index (χ0v) is 14.9. The summed E-state index contributed by atoms with van der Waals surface area (Å²) in [5, 5.41) is 0. The summed E-state index contributed by atoms with van der Waals surface area (Å²) in [5.74, 6) is 1.67. The summed E-state index contributed by atoms with van der Waals surface area (Å²) in [6.45, 7) is 4.64. The van der Waals surface area contributed by atoms with Gasteiger partial charge in [-0.2, -0.15) is 0 Å². The van der Waals surface area contributed by atoms with Crippen molar-refractivity contribution in [1.29, 1.82) is 0 Å². The predicted molar refractivity (Wildman–Crippen MR) is 98.7 cm³/mol. The van der Waals surface area contributed by atoms with Gasteiger partial charge in [-0.05, 0) is 48.6 Å². The molecule has 0 heteroatoms. The van der Waals surface area contributed by atoms with Crippen molar-refractivity contribution < 1.29 is 0 Å². The van der Waals surface area contributed by atoms with Gasteiger partial charge in [0, 0.05) is 0 Å². The Balaban J connectivity index is 1.70. The summed E-state index contributed by atoms with van der Waals surface area (Å²) in [7, 11) is 0. The van der Waals surface area contributed by atoms with E-state index in [9.17, 15) is 0 Å². The van der Waals surface area contributed by atoms with Crippen LogP contribution in [0.15, 0.2) is 24.3 Å². The zero-order chi connectivity index (χ0) is 15.6. The van der Waals surface area contributed by atoms with Gasteiger partial charge >= 0.3 is 0 Å². The summed E-state index contributed by atoms with van der Waals surface area (Å²) in [5.41, 5.74) is 3.35. The van der Waals surface area contributed by atoms with Crippen LogP contribution in [0.4, 0.5) is 0 Å². The number of benzene rings is 1. The number of hydrogen-bond donors (Lipinski definition) is 0. The van der Waals surface area contributed by atoms with E-state index in [0.29, 0.717) is 0 Å². The molecule has 0 N–H and O–H groups in total. The molecule has 0 bridgehead atoms. The van der Waals surface area contributed by atoms with E-state index in [4.69, 9.17) is 0 Å². The SMILES string of the molecule is CCCCCCCCCCC1CCC(CC)c2ccccc21. The maximum absolute atomic E-state index is 2.41. The Kier molecular flexibility index (Phi) is 8.05. The summed E-state index contributed by atoms with van der Waals surface area (Å²) in [6, 6.07) is 9.29. The summed E-state index contributed by atoms with van der Waals surface area (Å²) >= 11 is 0. The van der Waals surface area contributed by atoms with Gasteiger partial charge in [0.25, 0.3) is 0 Å². The Labute approximate surface area is 138 Å². The van der Waals surface area contributed by atoms with Crippen LogP contribution in [0, 0.1) is 0 Å². The van der Waals surface area contributed by atoms with E-state index < -0.39 is 0 Å². The van der Waals surface area contributed by atoms with Gasteiger partial charge in [-0.1, -0.05) is 89.5 Å². The van der Waals surface area contributed by atoms with Gasteiger partial charge in [-0.25, -0.2) is 0 Å². The van der Waals surface area contributed by atoms with Gasteiger partial charge in [0.2, 0.25) is 0 Å². The van der Waals surface area contributed by atoms with Crippen LogP contribution in [0.3, 0.4) is 0 Å². The molecule has 0 spiro atoms. The van der Waals surface area contributed by atoms with Crippen LogP contribution in [-0.2, 0) is 0 Å². The normalized spacial score (nSPS) is 20.8. The van der Waals surface area contributed by atoms with Crippen molar-refractivity contribution in [2.45, 2.75) is 103 Å². The Morgan fingerprint density at radius 1 is 0.727 bits per heavy atom. The predicted octanol–water partition coefficient (Wildman–Crippen LogP) is 7.59. The fourth-order valence-corrected chi connectivity index (χ4v) is 4.22. The Morgan fingerprint density at radius 3 is 1.91 bits per heavy atom. The molecule has 124 valence electrons. The Bertz CT molecular complexity index is 406. The molecule has 1 aromatic carbocycles. The van der Waals surface area contributed by atoms with Gasteiger partial charge in [0.15, 0.2) is 0 Å². The van der Waals surface area contributed by atoms with E-state index >= 15 is 0 Å². The Hall–Kier alpha value is -0.780. The second kappa shape index (κ2) is 10.1. The van der Waals surface area contributed by atoms with E-state index in [1.54, 1.807) is 11.1 Å². The molecule has 0 aliphatic heterocycles. The summed E-state index contributed by atoms with van der Waals surface area (Å²) < 4.78 is 0. The fourth-order valence-electron chi connectivity index (χ4n) is 4.22. The molecule has 0 heterocycles. The van der Waals surface area contributed by atoms with Crippen molar-refractivity contribution in [1.82, 2.24) is 0 Å². The van der Waals surface area contributed by atoms with E-state index in [2.05, 4.69) is 38.1 Å². The lowest BCUT2D eigenvalue weighted by atomic mass is 9.74. The van der Waals surface area contributed by atoms with Crippen LogP contribution < -0.4 is 0 Å². The van der Waals surface area contributed by atoms with Crippen molar-refractivity contribution in [3.05, 3.63) is 35.4 Å². The van der Waals surface area contributed by atoms with E-state index in [0.717, 1.165) is 11.8 Å². The molecule has 2 atom stereocenters. The molecule has 0 saturated heterocycles. The smallest absolute Gasteiger partial charge is 0.0159 e. The highest BCUT2D eigenvalue weighted by Crippen LogP contribution is 2.42. The largest absolute Gasteiger partial charge is 0.0654 e. The van der Waals surface area contributed by atoms with Gasteiger partial charge in [-0.3, -0.25) is 0 Å². The zero-order valence-electron chi connectivity index (χ0n) is 14.9.